The number of benzene rings is 1. The number of anilines is 1. The van der Waals surface area contributed by atoms with Crippen molar-refractivity contribution in [2.45, 2.75) is 38.6 Å². The Kier molecular flexibility index (Phi) is 3.41. The van der Waals surface area contributed by atoms with Crippen LogP contribution < -0.4 is 5.32 Å². The Morgan fingerprint density at radius 2 is 2.17 bits per heavy atom. The molecule has 0 radical (unpaired) electrons. The molecular formula is C14H18BrNO2. The fourth-order valence-electron chi connectivity index (χ4n) is 2.66. The van der Waals surface area contributed by atoms with Crippen LogP contribution in [0.4, 0.5) is 5.69 Å². The van der Waals surface area contributed by atoms with Crippen molar-refractivity contribution in [3.05, 3.63) is 27.7 Å². The Labute approximate surface area is 116 Å². The summed E-state index contributed by atoms with van der Waals surface area (Å²) in [5, 5.41) is 3.48. The molecule has 3 nitrogen and oxygen atoms in total. The molecule has 0 aromatic heterocycles. The van der Waals surface area contributed by atoms with Crippen molar-refractivity contribution in [1.29, 1.82) is 0 Å². The monoisotopic (exact) mass is 311 g/mol. The smallest absolute Gasteiger partial charge is 0.339 e. The minimum Gasteiger partial charge on any atom is -0.465 e. The van der Waals surface area contributed by atoms with E-state index < -0.39 is 0 Å². The van der Waals surface area contributed by atoms with Gasteiger partial charge < -0.3 is 10.1 Å². The Balaban J connectivity index is 2.51. The molecular weight excluding hydrogens is 294 g/mol. The summed E-state index contributed by atoms with van der Waals surface area (Å²) in [6, 6.07) is 3.90. The van der Waals surface area contributed by atoms with E-state index in [1.54, 1.807) is 0 Å². The summed E-state index contributed by atoms with van der Waals surface area (Å²) in [6.07, 6.45) is 1.07. The van der Waals surface area contributed by atoms with E-state index in [0.717, 1.165) is 16.6 Å². The largest absolute Gasteiger partial charge is 0.465 e. The molecule has 1 aliphatic heterocycles. The van der Waals surface area contributed by atoms with Gasteiger partial charge in [-0.3, -0.25) is 0 Å². The van der Waals surface area contributed by atoms with Crippen molar-refractivity contribution in [2.75, 3.05) is 12.4 Å². The van der Waals surface area contributed by atoms with Crippen LogP contribution in [0.15, 0.2) is 16.6 Å². The molecule has 1 aliphatic rings. The van der Waals surface area contributed by atoms with Crippen LogP contribution in [0.1, 0.15) is 49.0 Å². The average Bonchev–Trinajstić information content (AvgIpc) is 2.27. The molecule has 0 bridgehead atoms. The van der Waals surface area contributed by atoms with Crippen molar-refractivity contribution in [2.24, 2.45) is 0 Å². The molecule has 1 N–H and O–H groups in total. The molecule has 0 saturated carbocycles. The molecule has 18 heavy (non-hydrogen) atoms. The fourth-order valence-corrected chi connectivity index (χ4v) is 3.18. The fraction of sp³-hybridized carbons (Fsp3) is 0.500. The zero-order valence-corrected chi connectivity index (χ0v) is 12.7. The minimum absolute atomic E-state index is 0.0492. The van der Waals surface area contributed by atoms with Gasteiger partial charge in [0, 0.05) is 15.7 Å². The lowest BCUT2D eigenvalue weighted by Crippen LogP contribution is -2.36. The maximum atomic E-state index is 11.7. The zero-order chi connectivity index (χ0) is 13.5. The third kappa shape index (κ3) is 2.39. The van der Waals surface area contributed by atoms with Gasteiger partial charge in [0.15, 0.2) is 0 Å². The number of halogens is 1. The molecule has 0 spiro atoms. The van der Waals surface area contributed by atoms with Gasteiger partial charge in [0.1, 0.15) is 0 Å². The maximum Gasteiger partial charge on any atom is 0.339 e. The van der Waals surface area contributed by atoms with Gasteiger partial charge in [-0.15, -0.1) is 0 Å². The van der Waals surface area contributed by atoms with Crippen LogP contribution in [-0.2, 0) is 4.74 Å². The van der Waals surface area contributed by atoms with Gasteiger partial charge >= 0.3 is 5.97 Å². The zero-order valence-electron chi connectivity index (χ0n) is 11.1. The first-order chi connectivity index (χ1) is 8.34. The second-order valence-corrected chi connectivity index (χ2v) is 6.38. The number of hydrogen-bond donors (Lipinski definition) is 1. The number of hydrogen-bond acceptors (Lipinski definition) is 3. The predicted molar refractivity (Wildman–Crippen MR) is 76.2 cm³/mol. The number of carbonyl (C=O) groups excluding carboxylic acids is 1. The van der Waals surface area contributed by atoms with E-state index in [-0.39, 0.29) is 11.5 Å². The van der Waals surface area contributed by atoms with Crippen molar-refractivity contribution in [3.8, 4) is 0 Å². The summed E-state index contributed by atoms with van der Waals surface area (Å²) in [4.78, 5) is 11.7. The lowest BCUT2D eigenvalue weighted by Gasteiger charge is -2.38. The van der Waals surface area contributed by atoms with Crippen LogP contribution >= 0.6 is 15.9 Å². The number of carbonyl (C=O) groups is 1. The van der Waals surface area contributed by atoms with E-state index in [1.807, 2.05) is 12.1 Å². The number of nitrogens with one attached hydrogen (secondary N) is 1. The van der Waals surface area contributed by atoms with Gasteiger partial charge in [-0.05, 0) is 59.8 Å². The number of rotatable bonds is 1. The number of fused-ring (bicyclic) bond motifs is 1. The molecule has 1 unspecified atom stereocenters. The number of methoxy groups -OCH3 is 1. The second-order valence-electron chi connectivity index (χ2n) is 5.52. The SMILES string of the molecule is COC(=O)c1cc2c(cc1Br)C(C)CC(C)(C)N2. The highest BCUT2D eigenvalue weighted by atomic mass is 79.9. The Morgan fingerprint density at radius 3 is 2.78 bits per heavy atom. The van der Waals surface area contributed by atoms with Gasteiger partial charge in [-0.25, -0.2) is 4.79 Å². The summed E-state index contributed by atoms with van der Waals surface area (Å²) in [5.74, 6) is 0.154. The normalized spacial score (nSPS) is 20.8. The van der Waals surface area contributed by atoms with Gasteiger partial charge in [0.2, 0.25) is 0 Å². The Bertz CT molecular complexity index is 497. The van der Waals surface area contributed by atoms with E-state index in [2.05, 4.69) is 42.0 Å². The first kappa shape index (κ1) is 13.4. The lowest BCUT2D eigenvalue weighted by molar-refractivity contribution is 0.0599. The summed E-state index contributed by atoms with van der Waals surface area (Å²) < 4.78 is 5.58. The van der Waals surface area contributed by atoms with Crippen LogP contribution in [0.5, 0.6) is 0 Å². The summed E-state index contributed by atoms with van der Waals surface area (Å²) in [7, 11) is 1.40. The van der Waals surface area contributed by atoms with Gasteiger partial charge in [0.05, 0.1) is 12.7 Å². The third-order valence-electron chi connectivity index (χ3n) is 3.36. The highest BCUT2D eigenvalue weighted by molar-refractivity contribution is 9.10. The summed E-state index contributed by atoms with van der Waals surface area (Å²) in [5.41, 5.74) is 2.89. The quantitative estimate of drug-likeness (QED) is 0.798. The van der Waals surface area contributed by atoms with Crippen molar-refractivity contribution in [3.63, 3.8) is 0 Å². The predicted octanol–water partition coefficient (Wildman–Crippen LogP) is 3.93. The summed E-state index contributed by atoms with van der Waals surface area (Å²) >= 11 is 3.44. The number of esters is 1. The first-order valence-corrected chi connectivity index (χ1v) is 6.83. The molecule has 1 heterocycles. The van der Waals surface area contributed by atoms with Crippen LogP contribution in [0.3, 0.4) is 0 Å². The maximum absolute atomic E-state index is 11.7. The van der Waals surface area contributed by atoms with Crippen molar-refractivity contribution < 1.29 is 9.53 Å². The third-order valence-corrected chi connectivity index (χ3v) is 4.02. The first-order valence-electron chi connectivity index (χ1n) is 6.04. The van der Waals surface area contributed by atoms with Gasteiger partial charge in [-0.2, -0.15) is 0 Å². The summed E-state index contributed by atoms with van der Waals surface area (Å²) in [6.45, 7) is 6.56. The Hall–Kier alpha value is -1.03. The molecule has 98 valence electrons. The van der Waals surface area contributed by atoms with Crippen molar-refractivity contribution in [1.82, 2.24) is 0 Å². The van der Waals surface area contributed by atoms with E-state index >= 15 is 0 Å². The van der Waals surface area contributed by atoms with Crippen LogP contribution in [-0.4, -0.2) is 18.6 Å². The topological polar surface area (TPSA) is 38.3 Å². The lowest BCUT2D eigenvalue weighted by atomic mass is 9.81. The molecule has 0 fully saturated rings. The average molecular weight is 312 g/mol. The second kappa shape index (κ2) is 4.57. The van der Waals surface area contributed by atoms with Gasteiger partial charge in [-0.1, -0.05) is 6.92 Å². The molecule has 0 saturated heterocycles. The number of ether oxygens (including phenoxy) is 1. The molecule has 4 heteroatoms. The molecule has 1 aromatic rings. The molecule has 2 rings (SSSR count). The highest BCUT2D eigenvalue weighted by Crippen LogP contribution is 2.41. The van der Waals surface area contributed by atoms with Crippen LogP contribution in [0.2, 0.25) is 0 Å². The molecule has 1 aromatic carbocycles. The standard InChI is InChI=1S/C14H18BrNO2/c1-8-7-14(2,3)16-12-6-10(13(17)18-4)11(15)5-9(8)12/h5-6,8,16H,7H2,1-4H3. The van der Waals surface area contributed by atoms with Crippen LogP contribution in [0, 0.1) is 0 Å². The van der Waals surface area contributed by atoms with E-state index in [4.69, 9.17) is 4.74 Å². The highest BCUT2D eigenvalue weighted by Gasteiger charge is 2.30. The van der Waals surface area contributed by atoms with E-state index in [1.165, 1.54) is 12.7 Å². The minimum atomic E-state index is -0.317. The van der Waals surface area contributed by atoms with Crippen LogP contribution in [0.25, 0.3) is 0 Å². The van der Waals surface area contributed by atoms with E-state index in [0.29, 0.717) is 11.5 Å². The van der Waals surface area contributed by atoms with Gasteiger partial charge in [0.25, 0.3) is 0 Å². The molecule has 0 aliphatic carbocycles. The molecule has 1 atom stereocenters. The van der Waals surface area contributed by atoms with E-state index in [9.17, 15) is 4.79 Å². The molecule has 0 amide bonds. The van der Waals surface area contributed by atoms with Crippen molar-refractivity contribution >= 4 is 27.6 Å². The Morgan fingerprint density at radius 1 is 1.50 bits per heavy atom.